The number of rotatable bonds is 5. The lowest BCUT2D eigenvalue weighted by Gasteiger charge is -2.23. The number of benzene rings is 1. The summed E-state index contributed by atoms with van der Waals surface area (Å²) in [5.41, 5.74) is 1.43. The van der Waals surface area contributed by atoms with E-state index in [1.165, 1.54) is 11.8 Å². The molecule has 21 heavy (non-hydrogen) atoms. The molecule has 2 rings (SSSR count). The Morgan fingerprint density at radius 2 is 1.95 bits per heavy atom. The normalized spacial score (nSPS) is 18.1. The second-order valence-electron chi connectivity index (χ2n) is 5.23. The molecule has 6 heteroatoms. The number of aliphatic carboxylic acids is 2. The lowest BCUT2D eigenvalue weighted by Crippen LogP contribution is -2.43. The molecule has 0 saturated heterocycles. The summed E-state index contributed by atoms with van der Waals surface area (Å²) in [5.74, 6) is -2.99. The standard InChI is InChI=1S/C15H17NO5/c1-9(14(18)19)6-7-13(17)16-11-5-3-2-4-10(11)8-12(16)15(20)21/h2-5,9,12H,6-8H2,1H3,(H,18,19)(H,20,21). The zero-order valence-electron chi connectivity index (χ0n) is 11.7. The number of anilines is 1. The topological polar surface area (TPSA) is 94.9 Å². The van der Waals surface area contributed by atoms with Crippen LogP contribution in [0.15, 0.2) is 24.3 Å². The van der Waals surface area contributed by atoms with Gasteiger partial charge in [-0.05, 0) is 18.1 Å². The summed E-state index contributed by atoms with van der Waals surface area (Å²) >= 11 is 0. The number of hydrogen-bond donors (Lipinski definition) is 2. The number of para-hydroxylation sites is 1. The molecule has 0 radical (unpaired) electrons. The highest BCUT2D eigenvalue weighted by Gasteiger charge is 2.37. The van der Waals surface area contributed by atoms with Crippen molar-refractivity contribution < 1.29 is 24.6 Å². The van der Waals surface area contributed by atoms with E-state index in [0.29, 0.717) is 5.69 Å². The fraction of sp³-hybridized carbons (Fsp3) is 0.400. The van der Waals surface area contributed by atoms with Gasteiger partial charge in [-0.2, -0.15) is 0 Å². The molecule has 0 saturated carbocycles. The Morgan fingerprint density at radius 1 is 1.29 bits per heavy atom. The van der Waals surface area contributed by atoms with Crippen molar-refractivity contribution in [3.05, 3.63) is 29.8 Å². The van der Waals surface area contributed by atoms with E-state index >= 15 is 0 Å². The molecular weight excluding hydrogens is 274 g/mol. The van der Waals surface area contributed by atoms with Gasteiger partial charge in [0.25, 0.3) is 0 Å². The van der Waals surface area contributed by atoms with Gasteiger partial charge in [0.05, 0.1) is 5.92 Å². The summed E-state index contributed by atoms with van der Waals surface area (Å²) in [6.07, 6.45) is 0.497. The van der Waals surface area contributed by atoms with Gasteiger partial charge in [0, 0.05) is 18.5 Å². The van der Waals surface area contributed by atoms with Crippen LogP contribution in [0.1, 0.15) is 25.3 Å². The smallest absolute Gasteiger partial charge is 0.327 e. The van der Waals surface area contributed by atoms with Crippen LogP contribution in [0.3, 0.4) is 0 Å². The van der Waals surface area contributed by atoms with Crippen LogP contribution in [0.5, 0.6) is 0 Å². The lowest BCUT2D eigenvalue weighted by atomic mass is 10.1. The molecule has 0 bridgehead atoms. The maximum absolute atomic E-state index is 12.3. The zero-order chi connectivity index (χ0) is 15.6. The van der Waals surface area contributed by atoms with Crippen molar-refractivity contribution >= 4 is 23.5 Å². The van der Waals surface area contributed by atoms with Gasteiger partial charge < -0.3 is 10.2 Å². The first-order valence-corrected chi connectivity index (χ1v) is 6.77. The molecule has 2 atom stereocenters. The van der Waals surface area contributed by atoms with Crippen LogP contribution in [-0.4, -0.2) is 34.1 Å². The first-order valence-electron chi connectivity index (χ1n) is 6.77. The summed E-state index contributed by atoms with van der Waals surface area (Å²) < 4.78 is 0. The van der Waals surface area contributed by atoms with E-state index in [1.54, 1.807) is 24.3 Å². The van der Waals surface area contributed by atoms with Crippen molar-refractivity contribution in [2.24, 2.45) is 5.92 Å². The second-order valence-corrected chi connectivity index (χ2v) is 5.23. The van der Waals surface area contributed by atoms with E-state index in [9.17, 15) is 19.5 Å². The highest BCUT2D eigenvalue weighted by molar-refractivity contribution is 6.02. The maximum Gasteiger partial charge on any atom is 0.327 e. The molecule has 0 aromatic heterocycles. The Labute approximate surface area is 122 Å². The first kappa shape index (κ1) is 15.0. The van der Waals surface area contributed by atoms with Gasteiger partial charge in [-0.1, -0.05) is 25.1 Å². The fourth-order valence-electron chi connectivity index (χ4n) is 2.48. The van der Waals surface area contributed by atoms with Gasteiger partial charge in [0.2, 0.25) is 5.91 Å². The van der Waals surface area contributed by atoms with E-state index in [2.05, 4.69) is 0 Å². The number of fused-ring (bicyclic) bond motifs is 1. The molecule has 1 amide bonds. The maximum atomic E-state index is 12.3. The molecule has 2 unspecified atom stereocenters. The minimum absolute atomic E-state index is 0.0194. The van der Waals surface area contributed by atoms with Crippen LogP contribution >= 0.6 is 0 Å². The van der Waals surface area contributed by atoms with Gasteiger partial charge >= 0.3 is 11.9 Å². The van der Waals surface area contributed by atoms with Crippen molar-refractivity contribution in [3.63, 3.8) is 0 Å². The zero-order valence-corrected chi connectivity index (χ0v) is 11.7. The first-order chi connectivity index (χ1) is 9.91. The number of carbonyl (C=O) groups is 3. The molecule has 1 aromatic rings. The Hall–Kier alpha value is -2.37. The van der Waals surface area contributed by atoms with Crippen molar-refractivity contribution in [1.82, 2.24) is 0 Å². The van der Waals surface area contributed by atoms with Gasteiger partial charge in [-0.15, -0.1) is 0 Å². The molecule has 0 aliphatic carbocycles. The molecule has 1 aliphatic heterocycles. The van der Waals surface area contributed by atoms with Crippen LogP contribution in [0, 0.1) is 5.92 Å². The fourth-order valence-corrected chi connectivity index (χ4v) is 2.48. The van der Waals surface area contributed by atoms with Crippen molar-refractivity contribution in [2.75, 3.05) is 4.90 Å². The average molecular weight is 291 g/mol. The molecule has 1 heterocycles. The number of amides is 1. The Balaban J connectivity index is 2.17. The molecule has 2 N–H and O–H groups in total. The summed E-state index contributed by atoms with van der Waals surface area (Å²) in [6, 6.07) is 6.17. The summed E-state index contributed by atoms with van der Waals surface area (Å²) in [6.45, 7) is 1.53. The third-order valence-electron chi connectivity index (χ3n) is 3.74. The predicted octanol–water partition coefficient (Wildman–Crippen LogP) is 1.53. The van der Waals surface area contributed by atoms with Crippen LogP contribution in [0.4, 0.5) is 5.69 Å². The SMILES string of the molecule is CC(CCC(=O)N1c2ccccc2CC1C(=O)O)C(=O)O. The second kappa shape index (κ2) is 5.95. The monoisotopic (exact) mass is 291 g/mol. The van der Waals surface area contributed by atoms with Crippen molar-refractivity contribution in [2.45, 2.75) is 32.2 Å². The van der Waals surface area contributed by atoms with Gasteiger partial charge in [-0.25, -0.2) is 4.79 Å². The van der Waals surface area contributed by atoms with Gasteiger partial charge in [-0.3, -0.25) is 14.5 Å². The molecule has 1 aliphatic rings. The third-order valence-corrected chi connectivity index (χ3v) is 3.74. The summed E-state index contributed by atoms with van der Waals surface area (Å²) in [4.78, 5) is 35.7. The quantitative estimate of drug-likeness (QED) is 0.857. The highest BCUT2D eigenvalue weighted by Crippen LogP contribution is 2.33. The Morgan fingerprint density at radius 3 is 2.57 bits per heavy atom. The molecule has 0 fully saturated rings. The van der Waals surface area contributed by atoms with E-state index in [-0.39, 0.29) is 25.2 Å². The summed E-state index contributed by atoms with van der Waals surface area (Å²) in [5, 5.41) is 18.1. The highest BCUT2D eigenvalue weighted by atomic mass is 16.4. The number of carbonyl (C=O) groups excluding carboxylic acids is 1. The minimum atomic E-state index is -1.05. The number of carboxylic acids is 2. The largest absolute Gasteiger partial charge is 0.481 e. The lowest BCUT2D eigenvalue weighted by molar-refractivity contribution is -0.142. The molecule has 1 aromatic carbocycles. The van der Waals surface area contributed by atoms with Crippen molar-refractivity contribution in [1.29, 1.82) is 0 Å². The molecular formula is C15H17NO5. The van der Waals surface area contributed by atoms with E-state index in [1.807, 2.05) is 0 Å². The number of nitrogens with zero attached hydrogens (tertiary/aromatic N) is 1. The van der Waals surface area contributed by atoms with Crippen LogP contribution in [0.25, 0.3) is 0 Å². The molecule has 112 valence electrons. The van der Waals surface area contributed by atoms with Crippen LogP contribution < -0.4 is 4.90 Å². The van der Waals surface area contributed by atoms with E-state index in [0.717, 1.165) is 5.56 Å². The summed E-state index contributed by atoms with van der Waals surface area (Å²) in [7, 11) is 0. The van der Waals surface area contributed by atoms with Crippen LogP contribution in [0.2, 0.25) is 0 Å². The molecule has 6 nitrogen and oxygen atoms in total. The predicted molar refractivity (Wildman–Crippen MR) is 75.1 cm³/mol. The number of hydrogen-bond acceptors (Lipinski definition) is 3. The van der Waals surface area contributed by atoms with Crippen molar-refractivity contribution in [3.8, 4) is 0 Å². The average Bonchev–Trinajstić information content (AvgIpc) is 2.83. The van der Waals surface area contributed by atoms with Gasteiger partial charge in [0.15, 0.2) is 0 Å². The Bertz CT molecular complexity index is 583. The minimum Gasteiger partial charge on any atom is -0.481 e. The van der Waals surface area contributed by atoms with Gasteiger partial charge in [0.1, 0.15) is 6.04 Å². The van der Waals surface area contributed by atoms with E-state index in [4.69, 9.17) is 5.11 Å². The third kappa shape index (κ3) is 3.04. The van der Waals surface area contributed by atoms with E-state index < -0.39 is 23.9 Å². The Kier molecular flexibility index (Phi) is 4.26. The molecule has 0 spiro atoms. The number of carboxylic acid groups (broad SMARTS) is 2. The van der Waals surface area contributed by atoms with Crippen LogP contribution in [-0.2, 0) is 20.8 Å².